The molecule has 1 rings (SSSR count). The van der Waals surface area contributed by atoms with Crippen molar-refractivity contribution in [3.63, 3.8) is 0 Å². The fourth-order valence-corrected chi connectivity index (χ4v) is 1.38. The number of methoxy groups -OCH3 is 1. The molecule has 78 valence electrons. The molecule has 0 N–H and O–H groups in total. The molecule has 0 aliphatic heterocycles. The number of nitriles is 1. The Morgan fingerprint density at radius 1 is 1.67 bits per heavy atom. The molecule has 0 atom stereocenters. The normalized spacial score (nSPS) is 9.47. The van der Waals surface area contributed by atoms with E-state index in [0.717, 1.165) is 19.2 Å². The van der Waals surface area contributed by atoms with E-state index >= 15 is 0 Å². The summed E-state index contributed by atoms with van der Waals surface area (Å²) in [5, 5.41) is 8.83. The lowest BCUT2D eigenvalue weighted by Gasteiger charge is -2.05. The fourth-order valence-electron chi connectivity index (χ4n) is 1.17. The molecular formula is C10H7ClFNO2. The van der Waals surface area contributed by atoms with Crippen LogP contribution in [0.2, 0.25) is 0 Å². The van der Waals surface area contributed by atoms with Crippen LogP contribution in [0.15, 0.2) is 12.1 Å². The summed E-state index contributed by atoms with van der Waals surface area (Å²) in [6.07, 6.45) is 0. The molecule has 0 fully saturated rings. The lowest BCUT2D eigenvalue weighted by molar-refractivity contribution is 0.0599. The number of ether oxygens (including phenoxy) is 1. The first kappa shape index (κ1) is 11.5. The molecule has 0 unspecified atom stereocenters. The molecule has 0 aromatic heterocycles. The monoisotopic (exact) mass is 227 g/mol. The van der Waals surface area contributed by atoms with E-state index in [1.165, 1.54) is 0 Å². The van der Waals surface area contributed by atoms with Gasteiger partial charge >= 0.3 is 5.97 Å². The van der Waals surface area contributed by atoms with Crippen LogP contribution in [0.5, 0.6) is 0 Å². The molecule has 0 spiro atoms. The van der Waals surface area contributed by atoms with Crippen LogP contribution in [-0.2, 0) is 10.6 Å². The zero-order valence-corrected chi connectivity index (χ0v) is 8.64. The van der Waals surface area contributed by atoms with Crippen LogP contribution >= 0.6 is 11.6 Å². The Kier molecular flexibility index (Phi) is 3.64. The molecule has 0 aliphatic carbocycles. The average molecular weight is 228 g/mol. The second-order valence-corrected chi connectivity index (χ2v) is 2.99. The summed E-state index contributed by atoms with van der Waals surface area (Å²) in [7, 11) is 1.16. The maximum absolute atomic E-state index is 13.1. The largest absolute Gasteiger partial charge is 0.465 e. The smallest absolute Gasteiger partial charge is 0.339 e. The summed E-state index contributed by atoms with van der Waals surface area (Å²) < 4.78 is 17.5. The third-order valence-electron chi connectivity index (χ3n) is 1.85. The van der Waals surface area contributed by atoms with Crippen molar-refractivity contribution >= 4 is 17.6 Å². The molecule has 0 bridgehead atoms. The Hall–Kier alpha value is -1.60. The Bertz CT molecular complexity index is 440. The van der Waals surface area contributed by atoms with E-state index in [2.05, 4.69) is 4.74 Å². The van der Waals surface area contributed by atoms with Gasteiger partial charge in [0.2, 0.25) is 0 Å². The van der Waals surface area contributed by atoms with Crippen molar-refractivity contribution in [1.82, 2.24) is 0 Å². The number of alkyl halides is 1. The van der Waals surface area contributed by atoms with Gasteiger partial charge in [-0.3, -0.25) is 0 Å². The molecule has 0 aliphatic rings. The Morgan fingerprint density at radius 2 is 2.33 bits per heavy atom. The third-order valence-corrected chi connectivity index (χ3v) is 2.13. The van der Waals surface area contributed by atoms with Crippen LogP contribution in [0.3, 0.4) is 0 Å². The second kappa shape index (κ2) is 4.76. The highest BCUT2D eigenvalue weighted by Crippen LogP contribution is 2.19. The molecule has 0 amide bonds. The van der Waals surface area contributed by atoms with Crippen LogP contribution < -0.4 is 0 Å². The van der Waals surface area contributed by atoms with E-state index in [-0.39, 0.29) is 22.6 Å². The van der Waals surface area contributed by atoms with E-state index in [9.17, 15) is 9.18 Å². The maximum Gasteiger partial charge on any atom is 0.339 e. The van der Waals surface area contributed by atoms with E-state index in [4.69, 9.17) is 16.9 Å². The number of carbonyl (C=O) groups is 1. The predicted molar refractivity (Wildman–Crippen MR) is 52.0 cm³/mol. The highest BCUT2D eigenvalue weighted by molar-refractivity contribution is 6.17. The Morgan fingerprint density at radius 3 is 2.80 bits per heavy atom. The minimum absolute atomic E-state index is 0.0371. The number of carbonyl (C=O) groups excluding carboxylic acids is 1. The zero-order chi connectivity index (χ0) is 11.4. The van der Waals surface area contributed by atoms with Gasteiger partial charge in [-0.2, -0.15) is 5.26 Å². The fraction of sp³-hybridized carbons (Fsp3) is 0.200. The molecule has 0 heterocycles. The average Bonchev–Trinajstić information content (AvgIpc) is 2.26. The van der Waals surface area contributed by atoms with Crippen molar-refractivity contribution in [3.05, 3.63) is 34.6 Å². The highest BCUT2D eigenvalue weighted by atomic mass is 35.5. The topological polar surface area (TPSA) is 50.1 Å². The van der Waals surface area contributed by atoms with Crippen LogP contribution in [0.1, 0.15) is 21.5 Å². The van der Waals surface area contributed by atoms with Gasteiger partial charge in [-0.05, 0) is 17.7 Å². The molecule has 0 saturated heterocycles. The lowest BCUT2D eigenvalue weighted by atomic mass is 10.0. The van der Waals surface area contributed by atoms with E-state index in [1.807, 2.05) is 0 Å². The van der Waals surface area contributed by atoms with Crippen molar-refractivity contribution in [3.8, 4) is 6.07 Å². The van der Waals surface area contributed by atoms with Crippen LogP contribution in [0.4, 0.5) is 4.39 Å². The number of benzene rings is 1. The van der Waals surface area contributed by atoms with Crippen molar-refractivity contribution < 1.29 is 13.9 Å². The molecule has 15 heavy (non-hydrogen) atoms. The van der Waals surface area contributed by atoms with Crippen molar-refractivity contribution in [2.24, 2.45) is 0 Å². The van der Waals surface area contributed by atoms with Crippen LogP contribution in [0, 0.1) is 17.1 Å². The summed E-state index contributed by atoms with van der Waals surface area (Å²) in [5.74, 6) is -1.41. The first-order valence-corrected chi connectivity index (χ1v) is 4.54. The molecule has 0 saturated carbocycles. The second-order valence-electron chi connectivity index (χ2n) is 2.72. The van der Waals surface area contributed by atoms with Gasteiger partial charge in [-0.1, -0.05) is 0 Å². The molecule has 0 radical (unpaired) electrons. The molecule has 3 nitrogen and oxygen atoms in total. The van der Waals surface area contributed by atoms with Gasteiger partial charge in [0.05, 0.1) is 18.2 Å². The summed E-state index contributed by atoms with van der Waals surface area (Å²) in [4.78, 5) is 11.2. The van der Waals surface area contributed by atoms with Crippen LogP contribution in [-0.4, -0.2) is 13.1 Å². The predicted octanol–water partition coefficient (Wildman–Crippen LogP) is 2.22. The van der Waals surface area contributed by atoms with Gasteiger partial charge < -0.3 is 4.74 Å². The van der Waals surface area contributed by atoms with Gasteiger partial charge in [0, 0.05) is 5.88 Å². The number of nitrogens with zero attached hydrogens (tertiary/aromatic N) is 1. The van der Waals surface area contributed by atoms with E-state index in [0.29, 0.717) is 0 Å². The minimum Gasteiger partial charge on any atom is -0.465 e. The first-order chi connectivity index (χ1) is 7.13. The Balaban J connectivity index is 3.43. The van der Waals surface area contributed by atoms with Crippen LogP contribution in [0.25, 0.3) is 0 Å². The van der Waals surface area contributed by atoms with Gasteiger partial charge in [-0.15, -0.1) is 11.6 Å². The van der Waals surface area contributed by atoms with Crippen molar-refractivity contribution in [1.29, 1.82) is 5.26 Å². The highest BCUT2D eigenvalue weighted by Gasteiger charge is 2.16. The van der Waals surface area contributed by atoms with Gasteiger partial charge in [0.1, 0.15) is 11.9 Å². The van der Waals surface area contributed by atoms with E-state index in [1.54, 1.807) is 6.07 Å². The van der Waals surface area contributed by atoms with Crippen molar-refractivity contribution in [2.75, 3.05) is 7.11 Å². The van der Waals surface area contributed by atoms with Gasteiger partial charge in [0.15, 0.2) is 0 Å². The van der Waals surface area contributed by atoms with Gasteiger partial charge in [-0.25, -0.2) is 9.18 Å². The Labute approximate surface area is 91.0 Å². The quantitative estimate of drug-likeness (QED) is 0.575. The molecule has 1 aromatic carbocycles. The number of hydrogen-bond donors (Lipinski definition) is 0. The number of halogens is 2. The standard InChI is InChI=1S/C10H7ClFNO2/c1-15-10(14)8-3-7(12)2-6(4-11)9(8)5-13/h2-3H,4H2,1H3. The first-order valence-electron chi connectivity index (χ1n) is 4.00. The number of esters is 1. The molecule has 1 aromatic rings. The van der Waals surface area contributed by atoms with Gasteiger partial charge in [0.25, 0.3) is 0 Å². The summed E-state index contributed by atoms with van der Waals surface area (Å²) in [5.41, 5.74) is 0.230. The SMILES string of the molecule is COC(=O)c1cc(F)cc(CCl)c1C#N. The number of rotatable bonds is 2. The lowest BCUT2D eigenvalue weighted by Crippen LogP contribution is -2.07. The third kappa shape index (κ3) is 2.25. The summed E-state index contributed by atoms with van der Waals surface area (Å²) in [6.45, 7) is 0. The molecule has 5 heteroatoms. The summed E-state index contributed by atoms with van der Waals surface area (Å²) in [6, 6.07) is 3.89. The number of hydrogen-bond acceptors (Lipinski definition) is 3. The van der Waals surface area contributed by atoms with Crippen molar-refractivity contribution in [2.45, 2.75) is 5.88 Å². The maximum atomic E-state index is 13.1. The van der Waals surface area contributed by atoms with E-state index < -0.39 is 11.8 Å². The minimum atomic E-state index is -0.752. The molecular weight excluding hydrogens is 221 g/mol. The summed E-state index contributed by atoms with van der Waals surface area (Å²) >= 11 is 5.53. The zero-order valence-electron chi connectivity index (χ0n) is 7.88.